The average Bonchev–Trinajstić information content (AvgIpc) is 2.90. The summed E-state index contributed by atoms with van der Waals surface area (Å²) in [6.07, 6.45) is 6.81. The Balaban J connectivity index is 2.05. The molecule has 0 amide bonds. The minimum absolute atomic E-state index is 0.106. The molecule has 0 aliphatic carbocycles. The summed E-state index contributed by atoms with van der Waals surface area (Å²) in [7, 11) is 0. The zero-order chi connectivity index (χ0) is 16.6. The third-order valence-electron chi connectivity index (χ3n) is 3.80. The molecule has 23 heavy (non-hydrogen) atoms. The number of ether oxygens (including phenoxy) is 1. The maximum atomic E-state index is 13.1. The maximum Gasteiger partial charge on any atom is 0.264 e. The van der Waals surface area contributed by atoms with Crippen LogP contribution in [0.15, 0.2) is 22.8 Å². The first-order valence-electron chi connectivity index (χ1n) is 7.41. The van der Waals surface area contributed by atoms with Crippen LogP contribution in [0, 0.1) is 0 Å². The topological polar surface area (TPSA) is 27.1 Å². The van der Waals surface area contributed by atoms with E-state index in [0.29, 0.717) is 21.7 Å². The van der Waals surface area contributed by atoms with Gasteiger partial charge < -0.3 is 4.74 Å². The Hall–Kier alpha value is -0.980. The number of aromatic nitrogens is 2. The smallest absolute Gasteiger partial charge is 0.264 e. The predicted molar refractivity (Wildman–Crippen MR) is 90.9 cm³/mol. The van der Waals surface area contributed by atoms with Crippen molar-refractivity contribution in [1.82, 2.24) is 9.78 Å². The quantitative estimate of drug-likeness (QED) is 0.643. The van der Waals surface area contributed by atoms with Crippen LogP contribution in [0.1, 0.15) is 38.0 Å². The van der Waals surface area contributed by atoms with Gasteiger partial charge in [0, 0.05) is 29.0 Å². The Bertz CT molecular complexity index is 749. The second kappa shape index (κ2) is 6.49. The Morgan fingerprint density at radius 2 is 2.26 bits per heavy atom. The van der Waals surface area contributed by atoms with Crippen LogP contribution >= 0.6 is 27.5 Å². The molecule has 1 saturated heterocycles. The molecule has 1 aliphatic heterocycles. The second-order valence-electron chi connectivity index (χ2n) is 5.72. The molecule has 1 fully saturated rings. The van der Waals surface area contributed by atoms with Crippen LogP contribution in [0.2, 0.25) is 5.02 Å². The molecule has 1 aliphatic rings. The normalized spacial score (nSPS) is 19.8. The lowest BCUT2D eigenvalue weighted by Crippen LogP contribution is -2.18. The van der Waals surface area contributed by atoms with E-state index in [1.807, 2.05) is 4.68 Å². The Labute approximate surface area is 146 Å². The van der Waals surface area contributed by atoms with Gasteiger partial charge >= 0.3 is 0 Å². The van der Waals surface area contributed by atoms with Gasteiger partial charge in [-0.05, 0) is 47.3 Å². The molecule has 3 nitrogen and oxygen atoms in total. The van der Waals surface area contributed by atoms with E-state index in [1.165, 1.54) is 6.08 Å². The van der Waals surface area contributed by atoms with Crippen LogP contribution in [0.5, 0.6) is 0 Å². The van der Waals surface area contributed by atoms with E-state index >= 15 is 0 Å². The van der Waals surface area contributed by atoms with Gasteiger partial charge in [0.15, 0.2) is 6.23 Å². The van der Waals surface area contributed by atoms with Gasteiger partial charge in [0.2, 0.25) is 0 Å². The number of hydrogen-bond acceptors (Lipinski definition) is 2. The van der Waals surface area contributed by atoms with Crippen LogP contribution in [0.3, 0.4) is 0 Å². The molecule has 124 valence electrons. The van der Waals surface area contributed by atoms with Crippen molar-refractivity contribution < 1.29 is 13.5 Å². The summed E-state index contributed by atoms with van der Waals surface area (Å²) < 4.78 is 34.3. The first kappa shape index (κ1) is 16.9. The van der Waals surface area contributed by atoms with E-state index in [2.05, 4.69) is 21.0 Å². The number of fused-ring (bicyclic) bond motifs is 1. The van der Waals surface area contributed by atoms with Gasteiger partial charge in [-0.15, -0.1) is 0 Å². The van der Waals surface area contributed by atoms with Crippen LogP contribution in [0.25, 0.3) is 17.0 Å². The monoisotopic (exact) mass is 404 g/mol. The van der Waals surface area contributed by atoms with Crippen molar-refractivity contribution >= 4 is 44.5 Å². The molecule has 0 radical (unpaired) electrons. The lowest BCUT2D eigenvalue weighted by Gasteiger charge is -2.23. The molecule has 0 bridgehead atoms. The van der Waals surface area contributed by atoms with E-state index in [-0.39, 0.29) is 6.23 Å². The fourth-order valence-corrected chi connectivity index (χ4v) is 3.69. The molecule has 2 aromatic rings. The van der Waals surface area contributed by atoms with Crippen molar-refractivity contribution in [3.63, 3.8) is 0 Å². The van der Waals surface area contributed by atoms with E-state index in [4.69, 9.17) is 16.3 Å². The van der Waals surface area contributed by atoms with Gasteiger partial charge in [-0.1, -0.05) is 17.7 Å². The predicted octanol–water partition coefficient (Wildman–Crippen LogP) is 5.82. The molecule has 1 unspecified atom stereocenters. The summed E-state index contributed by atoms with van der Waals surface area (Å²) in [6, 6.07) is 1.75. The molecular formula is C16H16BrClF2N2O. The summed E-state index contributed by atoms with van der Waals surface area (Å²) >= 11 is 9.76. The lowest BCUT2D eigenvalue weighted by atomic mass is 10.1. The van der Waals surface area contributed by atoms with E-state index in [9.17, 15) is 8.78 Å². The molecule has 0 saturated carbocycles. The summed E-state index contributed by atoms with van der Waals surface area (Å²) in [4.78, 5) is 0. The van der Waals surface area contributed by atoms with E-state index in [0.717, 1.165) is 43.2 Å². The number of allylic oxidation sites excluding steroid dienone is 1. The molecule has 0 spiro atoms. The van der Waals surface area contributed by atoms with Crippen molar-refractivity contribution in [3.05, 3.63) is 33.4 Å². The van der Waals surface area contributed by atoms with Gasteiger partial charge in [0.1, 0.15) is 0 Å². The molecule has 1 atom stereocenters. The number of hydrogen-bond donors (Lipinski definition) is 0. The molecule has 7 heteroatoms. The van der Waals surface area contributed by atoms with E-state index < -0.39 is 5.92 Å². The van der Waals surface area contributed by atoms with Gasteiger partial charge in [0.25, 0.3) is 5.92 Å². The standard InChI is InChI=1S/C16H16BrClF2N2O/c1-16(19,20)6-5-10-12(18)8-13-11(15(10)17)9-21-22(13)14-4-2-3-7-23-14/h5-6,8-9,14H,2-4,7H2,1H3/b6-5+. The maximum absolute atomic E-state index is 13.1. The summed E-state index contributed by atoms with van der Waals surface area (Å²) in [5.74, 6) is -2.89. The Morgan fingerprint density at radius 3 is 2.91 bits per heavy atom. The average molecular weight is 406 g/mol. The number of halogens is 4. The zero-order valence-corrected chi connectivity index (χ0v) is 14.9. The lowest BCUT2D eigenvalue weighted by molar-refractivity contribution is -0.0366. The highest BCUT2D eigenvalue weighted by molar-refractivity contribution is 9.10. The minimum Gasteiger partial charge on any atom is -0.356 e. The van der Waals surface area contributed by atoms with Gasteiger partial charge in [0.05, 0.1) is 16.7 Å². The fraction of sp³-hybridized carbons (Fsp3) is 0.438. The number of rotatable bonds is 3. The summed E-state index contributed by atoms with van der Waals surface area (Å²) in [5, 5.41) is 5.61. The zero-order valence-electron chi connectivity index (χ0n) is 12.5. The molecular weight excluding hydrogens is 390 g/mol. The minimum atomic E-state index is -2.89. The highest BCUT2D eigenvalue weighted by atomic mass is 79.9. The number of alkyl halides is 2. The van der Waals surface area contributed by atoms with Crippen molar-refractivity contribution in [3.8, 4) is 0 Å². The van der Waals surface area contributed by atoms with Crippen LogP contribution in [-0.2, 0) is 4.74 Å². The summed E-state index contributed by atoms with van der Waals surface area (Å²) in [6.45, 7) is 1.55. The van der Waals surface area contributed by atoms with Crippen LogP contribution in [-0.4, -0.2) is 22.3 Å². The van der Waals surface area contributed by atoms with Crippen LogP contribution < -0.4 is 0 Å². The SMILES string of the molecule is CC(F)(F)/C=C/c1c(Cl)cc2c(cnn2C2CCCCO2)c1Br. The van der Waals surface area contributed by atoms with Gasteiger partial charge in [-0.3, -0.25) is 0 Å². The number of benzene rings is 1. The molecule has 0 N–H and O–H groups in total. The Kier molecular flexibility index (Phi) is 4.76. The third kappa shape index (κ3) is 3.59. The highest BCUT2D eigenvalue weighted by Gasteiger charge is 2.21. The first-order valence-corrected chi connectivity index (χ1v) is 8.58. The highest BCUT2D eigenvalue weighted by Crippen LogP contribution is 2.37. The van der Waals surface area contributed by atoms with Crippen LogP contribution in [0.4, 0.5) is 8.78 Å². The molecule has 2 heterocycles. The third-order valence-corrected chi connectivity index (χ3v) is 4.97. The molecule has 1 aromatic carbocycles. The fourth-order valence-electron chi connectivity index (χ4n) is 2.66. The molecule has 1 aromatic heterocycles. The Morgan fingerprint density at radius 1 is 1.48 bits per heavy atom. The van der Waals surface area contributed by atoms with Gasteiger partial charge in [-0.25, -0.2) is 13.5 Å². The largest absolute Gasteiger partial charge is 0.356 e. The van der Waals surface area contributed by atoms with Crippen molar-refractivity contribution in [2.45, 2.75) is 38.3 Å². The van der Waals surface area contributed by atoms with Crippen molar-refractivity contribution in [2.24, 2.45) is 0 Å². The second-order valence-corrected chi connectivity index (χ2v) is 6.92. The van der Waals surface area contributed by atoms with Crippen molar-refractivity contribution in [1.29, 1.82) is 0 Å². The summed E-state index contributed by atoms with van der Waals surface area (Å²) in [5.41, 5.74) is 1.35. The van der Waals surface area contributed by atoms with Crippen molar-refractivity contribution in [2.75, 3.05) is 6.61 Å². The molecule has 3 rings (SSSR count). The van der Waals surface area contributed by atoms with E-state index in [1.54, 1.807) is 12.3 Å². The number of nitrogens with zero attached hydrogens (tertiary/aromatic N) is 2. The van der Waals surface area contributed by atoms with Gasteiger partial charge in [-0.2, -0.15) is 5.10 Å². The first-order chi connectivity index (χ1) is 10.9.